The van der Waals surface area contributed by atoms with E-state index in [0.717, 1.165) is 0 Å². The van der Waals surface area contributed by atoms with Crippen LogP contribution in [0.5, 0.6) is 0 Å². The Kier molecular flexibility index (Phi) is 12.4. The third-order valence-corrected chi connectivity index (χ3v) is 8.18. The number of benzene rings is 3. The van der Waals surface area contributed by atoms with Crippen molar-refractivity contribution < 1.29 is 13.5 Å². The van der Waals surface area contributed by atoms with E-state index in [0.29, 0.717) is 0 Å². The molecule has 0 aliphatic rings. The van der Waals surface area contributed by atoms with E-state index >= 15 is 0 Å². The number of hydrogen-bond donors (Lipinski definition) is 0. The van der Waals surface area contributed by atoms with Crippen molar-refractivity contribution in [3.63, 3.8) is 0 Å². The summed E-state index contributed by atoms with van der Waals surface area (Å²) in [5.74, 6) is 0. The van der Waals surface area contributed by atoms with E-state index in [9.17, 15) is 0 Å². The Bertz CT molecular complexity index is 745. The van der Waals surface area contributed by atoms with Gasteiger partial charge in [0.2, 0.25) is 0 Å². The molecule has 28 heavy (non-hydrogen) atoms. The van der Waals surface area contributed by atoms with Gasteiger partial charge in [0.25, 0.3) is 0 Å². The molecule has 3 aromatic rings. The predicted octanol–water partition coefficient (Wildman–Crippen LogP) is 6.31. The van der Waals surface area contributed by atoms with Crippen molar-refractivity contribution in [2.75, 3.05) is 0 Å². The fourth-order valence-electron chi connectivity index (χ4n) is 2.48. The molecule has 0 fully saturated rings. The first-order valence-corrected chi connectivity index (χ1v) is 15.6. The summed E-state index contributed by atoms with van der Waals surface area (Å²) in [5.41, 5.74) is 1.24. The summed E-state index contributed by atoms with van der Waals surface area (Å²) in [5, 5.41) is 4.31. The molecule has 0 unspecified atom stereocenters. The second-order valence-electron chi connectivity index (χ2n) is 6.04. The Morgan fingerprint density at radius 3 is 1.21 bits per heavy atom. The maximum absolute atomic E-state index is 5.53. The largest absolute Gasteiger partial charge is 0.358 e. The van der Waals surface area contributed by atoms with Gasteiger partial charge in [0.1, 0.15) is 15.9 Å². The summed E-state index contributed by atoms with van der Waals surface area (Å²) in [6.07, 6.45) is 1.96. The molecule has 0 radical (unpaired) electrons. The molecule has 0 aliphatic heterocycles. The van der Waals surface area contributed by atoms with Crippen molar-refractivity contribution in [1.82, 2.24) is 0 Å². The summed E-state index contributed by atoms with van der Waals surface area (Å²) in [6, 6.07) is 32.5. The normalized spacial score (nSPS) is 10.1. The monoisotopic (exact) mass is 518 g/mol. The van der Waals surface area contributed by atoms with Crippen LogP contribution in [0.4, 0.5) is 0 Å². The van der Waals surface area contributed by atoms with Crippen LogP contribution in [0, 0.1) is 7.43 Å². The van der Waals surface area contributed by atoms with Gasteiger partial charge < -0.3 is 7.43 Å². The van der Waals surface area contributed by atoms with E-state index in [2.05, 4.69) is 91.0 Å². The third kappa shape index (κ3) is 8.94. The van der Waals surface area contributed by atoms with Crippen LogP contribution in [0.25, 0.3) is 0 Å². The maximum atomic E-state index is 5.53. The van der Waals surface area contributed by atoms with Crippen molar-refractivity contribution in [2.24, 2.45) is 0 Å². The number of allylic oxidation sites excluding steroid dienone is 2. The van der Waals surface area contributed by atoms with E-state index < -0.39 is 21.4 Å². The Labute approximate surface area is 184 Å². The van der Waals surface area contributed by atoms with Crippen LogP contribution in [0.1, 0.15) is 13.8 Å². The van der Waals surface area contributed by atoms with Crippen LogP contribution in [-0.2, 0) is 13.5 Å². The molecule has 0 heterocycles. The van der Waals surface area contributed by atoms with E-state index in [4.69, 9.17) is 19.4 Å². The van der Waals surface area contributed by atoms with Gasteiger partial charge in [-0.25, -0.2) is 0 Å². The van der Waals surface area contributed by atoms with Crippen molar-refractivity contribution in [2.45, 2.75) is 13.8 Å². The average molecular weight is 518 g/mol. The molecule has 4 heteroatoms. The number of hydrogen-bond acceptors (Lipinski definition) is 0. The molecule has 0 spiro atoms. The van der Waals surface area contributed by atoms with E-state index in [1.54, 1.807) is 0 Å². The van der Waals surface area contributed by atoms with Gasteiger partial charge in [-0.1, -0.05) is 54.6 Å². The number of rotatable bonds is 4. The fraction of sp³-hybridized carbons (Fsp3) is 0.0833. The zero-order valence-corrected chi connectivity index (χ0v) is 20.7. The second kappa shape index (κ2) is 14.0. The first-order chi connectivity index (χ1) is 13.1. The van der Waals surface area contributed by atoms with Crippen molar-refractivity contribution in [3.05, 3.63) is 110 Å². The zero-order chi connectivity index (χ0) is 19.5. The fourth-order valence-corrected chi connectivity index (χ4v) is 6.38. The molecule has 0 atom stereocenters. The smallest absolute Gasteiger partial charge is 0.102 e. The van der Waals surface area contributed by atoms with Gasteiger partial charge in [-0.05, 0) is 36.4 Å². The molecule has 3 rings (SSSR count). The first-order valence-electron chi connectivity index (χ1n) is 8.58. The van der Waals surface area contributed by atoms with Gasteiger partial charge in [-0.15, -0.1) is 0 Å². The molecule has 0 N–H and O–H groups in total. The summed E-state index contributed by atoms with van der Waals surface area (Å²) in [4.78, 5) is 0. The van der Waals surface area contributed by atoms with Gasteiger partial charge in [0.15, 0.2) is 0 Å². The number of halogens is 2. The molecule has 0 amide bonds. The summed E-state index contributed by atoms with van der Waals surface area (Å²) in [6.45, 7) is 4.03. The molecule has 150 valence electrons. The molecule has 0 nitrogen and oxygen atoms in total. The van der Waals surface area contributed by atoms with Crippen LogP contribution >= 0.6 is 27.3 Å². The summed E-state index contributed by atoms with van der Waals surface area (Å²) >= 11 is -1.52. The van der Waals surface area contributed by atoms with Crippen LogP contribution in [0.2, 0.25) is 0 Å². The molecular formula is C24H27Cl2PRu. The van der Waals surface area contributed by atoms with Crippen LogP contribution < -0.4 is 15.9 Å². The minimum absolute atomic E-state index is 0. The molecule has 0 aromatic heterocycles. The van der Waals surface area contributed by atoms with E-state index in [-0.39, 0.29) is 7.43 Å². The van der Waals surface area contributed by atoms with Crippen molar-refractivity contribution in [3.8, 4) is 0 Å². The molecule has 0 bridgehead atoms. The van der Waals surface area contributed by atoms with Crippen LogP contribution in [0.15, 0.2) is 103 Å². The first kappa shape index (κ1) is 24.9. The van der Waals surface area contributed by atoms with Gasteiger partial charge in [-0.3, -0.25) is 0 Å². The molecule has 0 aliphatic carbocycles. The maximum Gasteiger partial charge on any atom is 0.102 e. The summed E-state index contributed by atoms with van der Waals surface area (Å²) < 4.78 is 1.88. The van der Waals surface area contributed by atoms with Gasteiger partial charge in [0, 0.05) is 0 Å². The van der Waals surface area contributed by atoms with Crippen molar-refractivity contribution >= 4 is 47.8 Å². The van der Waals surface area contributed by atoms with E-state index in [1.165, 1.54) is 21.5 Å². The van der Waals surface area contributed by atoms with Gasteiger partial charge >= 0.3 is 63.0 Å². The Hall–Kier alpha value is -1.10. The minimum atomic E-state index is -1.52. The molecule has 3 aromatic carbocycles. The van der Waals surface area contributed by atoms with Gasteiger partial charge in [-0.2, -0.15) is 0 Å². The van der Waals surface area contributed by atoms with Crippen molar-refractivity contribution in [1.29, 1.82) is 0 Å². The van der Waals surface area contributed by atoms with E-state index in [1.807, 2.05) is 24.5 Å². The predicted molar refractivity (Wildman–Crippen MR) is 130 cm³/mol. The Morgan fingerprint density at radius 2 is 1.00 bits per heavy atom. The Morgan fingerprint density at radius 1 is 0.679 bits per heavy atom. The quantitative estimate of drug-likeness (QED) is 0.216. The molecular weight excluding hydrogens is 491 g/mol. The Balaban J connectivity index is 0.000000376. The summed E-state index contributed by atoms with van der Waals surface area (Å²) in [7, 11) is 10.2. The van der Waals surface area contributed by atoms with Gasteiger partial charge in [0.05, 0.1) is 7.92 Å². The second-order valence-corrected chi connectivity index (χ2v) is 14.3. The third-order valence-electron chi connectivity index (χ3n) is 3.67. The topological polar surface area (TPSA) is 0 Å². The zero-order valence-electron chi connectivity index (χ0n) is 16.4. The SMILES string of the molecule is CC(C)=C[CH]=[Ru]([Cl])[Cl].[CH3-].c1ccc([PH+](c2ccccc2)c2ccccc2)cc1. The van der Waals surface area contributed by atoms with Crippen LogP contribution in [0.3, 0.4) is 0 Å². The standard InChI is InChI=1S/C18H15P.C5H8.CH3.2ClH.Ru/c1-4-10-16(11-5-1)19(17-12-6-2-7-13-17)18-14-8-3-9-15-18;1-4-5(2)3;;;;/h1-15H;1,4H,2-3H3;1H3;2*1H;/q;;-1;;;+2/p-1. The van der Waals surface area contributed by atoms with Crippen LogP contribution in [-0.4, -0.2) is 4.61 Å². The molecule has 0 saturated heterocycles. The minimum Gasteiger partial charge on any atom is -0.358 e. The molecule has 0 saturated carbocycles. The average Bonchev–Trinajstić information content (AvgIpc) is 2.70.